The highest BCUT2D eigenvalue weighted by molar-refractivity contribution is 7.09. The second kappa shape index (κ2) is 7.83. The molecule has 1 heterocycles. The molecule has 0 saturated carbocycles. The highest BCUT2D eigenvalue weighted by atomic mass is 32.1. The summed E-state index contributed by atoms with van der Waals surface area (Å²) in [7, 11) is 1.69. The number of ether oxygens (including phenoxy) is 1. The summed E-state index contributed by atoms with van der Waals surface area (Å²) in [5.41, 5.74) is 7.91. The summed E-state index contributed by atoms with van der Waals surface area (Å²) in [6.45, 7) is 6.74. The van der Waals surface area contributed by atoms with Crippen molar-refractivity contribution in [2.24, 2.45) is 0 Å². The van der Waals surface area contributed by atoms with Crippen molar-refractivity contribution in [3.05, 3.63) is 59.2 Å². The van der Waals surface area contributed by atoms with Crippen LogP contribution in [0.5, 0.6) is 5.75 Å². The number of methoxy groups -OCH3 is 1. The Morgan fingerprint density at radius 2 is 1.48 bits per heavy atom. The van der Waals surface area contributed by atoms with E-state index in [1.807, 2.05) is 12.1 Å². The molecule has 0 radical (unpaired) electrons. The van der Waals surface area contributed by atoms with Crippen molar-refractivity contribution in [3.8, 4) is 27.4 Å². The first kappa shape index (κ1) is 17.7. The third kappa shape index (κ3) is 3.62. The lowest BCUT2D eigenvalue weighted by atomic mass is 9.92. The van der Waals surface area contributed by atoms with E-state index in [2.05, 4.69) is 55.5 Å². The Morgan fingerprint density at radius 1 is 0.840 bits per heavy atom. The minimum Gasteiger partial charge on any atom is -0.497 e. The largest absolute Gasteiger partial charge is 0.497 e. The summed E-state index contributed by atoms with van der Waals surface area (Å²) in [5, 5.41) is 0. The second-order valence-corrected chi connectivity index (χ2v) is 6.94. The van der Waals surface area contributed by atoms with Gasteiger partial charge in [0.25, 0.3) is 0 Å². The van der Waals surface area contributed by atoms with Gasteiger partial charge in [-0.25, -0.2) is 0 Å². The van der Waals surface area contributed by atoms with Gasteiger partial charge in [0.1, 0.15) is 5.75 Å². The Hall–Kier alpha value is -2.13. The van der Waals surface area contributed by atoms with E-state index >= 15 is 0 Å². The Balaban J connectivity index is 1.98. The van der Waals surface area contributed by atoms with Crippen LogP contribution in [0.1, 0.15) is 37.5 Å². The zero-order chi connectivity index (χ0) is 17.8. The first-order valence-corrected chi connectivity index (χ1v) is 9.73. The van der Waals surface area contributed by atoms with Crippen LogP contribution in [-0.4, -0.2) is 11.5 Å². The van der Waals surface area contributed by atoms with Crippen molar-refractivity contribution in [2.45, 2.75) is 40.0 Å². The van der Waals surface area contributed by atoms with Gasteiger partial charge >= 0.3 is 0 Å². The molecule has 0 aliphatic rings. The fourth-order valence-corrected chi connectivity index (χ4v) is 4.08. The van der Waals surface area contributed by atoms with Crippen LogP contribution in [-0.2, 0) is 19.3 Å². The van der Waals surface area contributed by atoms with E-state index in [0.717, 1.165) is 36.3 Å². The second-order valence-electron chi connectivity index (χ2n) is 6.14. The van der Waals surface area contributed by atoms with Crippen LogP contribution in [0.25, 0.3) is 21.7 Å². The molecule has 0 aliphatic carbocycles. The van der Waals surface area contributed by atoms with Crippen LogP contribution in [0.15, 0.2) is 42.5 Å². The van der Waals surface area contributed by atoms with Gasteiger partial charge in [-0.05, 0) is 83.4 Å². The quantitative estimate of drug-likeness (QED) is 0.529. The molecule has 0 fully saturated rings. The van der Waals surface area contributed by atoms with Crippen LogP contribution in [0.2, 0.25) is 0 Å². The monoisotopic (exact) mass is 351 g/mol. The summed E-state index contributed by atoms with van der Waals surface area (Å²) < 4.78 is 9.91. The van der Waals surface area contributed by atoms with Gasteiger partial charge in [-0.1, -0.05) is 32.9 Å². The zero-order valence-electron chi connectivity index (χ0n) is 15.4. The third-order valence-electron chi connectivity index (χ3n) is 4.73. The lowest BCUT2D eigenvalue weighted by Crippen LogP contribution is -1.98. The summed E-state index contributed by atoms with van der Waals surface area (Å²) in [6.07, 6.45) is 3.26. The Bertz CT molecular complexity index is 824. The number of rotatable bonds is 6. The normalized spacial score (nSPS) is 10.9. The molecule has 0 N–H and O–H groups in total. The highest BCUT2D eigenvalue weighted by Crippen LogP contribution is 2.33. The van der Waals surface area contributed by atoms with Crippen molar-refractivity contribution < 1.29 is 4.74 Å². The molecule has 1 aromatic heterocycles. The molecule has 3 rings (SSSR count). The minimum absolute atomic E-state index is 0.870. The standard InChI is InChI=1S/C22H25NOS/c1-5-15-12-18(13-16(6-2)20(15)7-3)22-14-21(23-25-22)17-8-10-19(24-4)11-9-17/h8-14H,5-7H2,1-4H3. The summed E-state index contributed by atoms with van der Waals surface area (Å²) in [4.78, 5) is 1.23. The van der Waals surface area contributed by atoms with Crippen LogP contribution in [0, 0.1) is 0 Å². The van der Waals surface area contributed by atoms with Gasteiger partial charge in [-0.2, -0.15) is 4.37 Å². The molecule has 0 saturated heterocycles. The lowest BCUT2D eigenvalue weighted by molar-refractivity contribution is 0.415. The Morgan fingerprint density at radius 3 is 2.00 bits per heavy atom. The molecule has 0 unspecified atom stereocenters. The van der Waals surface area contributed by atoms with E-state index in [-0.39, 0.29) is 0 Å². The van der Waals surface area contributed by atoms with Gasteiger partial charge in [0.05, 0.1) is 17.7 Å². The summed E-state index contributed by atoms with van der Waals surface area (Å²) >= 11 is 1.58. The number of benzene rings is 2. The molecule has 25 heavy (non-hydrogen) atoms. The van der Waals surface area contributed by atoms with Gasteiger partial charge in [-0.15, -0.1) is 0 Å². The average Bonchev–Trinajstić information content (AvgIpc) is 3.17. The number of hydrogen-bond acceptors (Lipinski definition) is 3. The first-order chi connectivity index (χ1) is 12.2. The van der Waals surface area contributed by atoms with Crippen molar-refractivity contribution in [1.29, 1.82) is 0 Å². The highest BCUT2D eigenvalue weighted by Gasteiger charge is 2.12. The van der Waals surface area contributed by atoms with Crippen molar-refractivity contribution in [1.82, 2.24) is 4.37 Å². The Labute approximate surface area is 154 Å². The van der Waals surface area contributed by atoms with Gasteiger partial charge < -0.3 is 4.74 Å². The molecule has 0 aliphatic heterocycles. The summed E-state index contributed by atoms with van der Waals surface area (Å²) in [5.74, 6) is 0.870. The van der Waals surface area contributed by atoms with Crippen LogP contribution in [0.4, 0.5) is 0 Å². The molecule has 2 aromatic carbocycles. The molecule has 0 atom stereocenters. The number of aromatic nitrogens is 1. The fraction of sp³-hybridized carbons (Fsp3) is 0.318. The van der Waals surface area contributed by atoms with E-state index in [4.69, 9.17) is 4.74 Å². The molecule has 0 amide bonds. The molecule has 0 bridgehead atoms. The lowest BCUT2D eigenvalue weighted by Gasteiger charge is -2.13. The average molecular weight is 352 g/mol. The maximum Gasteiger partial charge on any atom is 0.118 e. The van der Waals surface area contributed by atoms with Gasteiger partial charge in [-0.3, -0.25) is 0 Å². The van der Waals surface area contributed by atoms with E-state index in [1.54, 1.807) is 18.6 Å². The number of hydrogen-bond donors (Lipinski definition) is 0. The molecule has 130 valence electrons. The Kier molecular flexibility index (Phi) is 5.54. The molecule has 0 spiro atoms. The number of aryl methyl sites for hydroxylation is 2. The van der Waals surface area contributed by atoms with Crippen molar-refractivity contribution in [2.75, 3.05) is 7.11 Å². The van der Waals surface area contributed by atoms with Crippen LogP contribution >= 0.6 is 11.5 Å². The molecular formula is C22H25NOS. The fourth-order valence-electron chi connectivity index (χ4n) is 3.33. The molecule has 2 nitrogen and oxygen atoms in total. The van der Waals surface area contributed by atoms with Gasteiger partial charge in [0.15, 0.2) is 0 Å². The topological polar surface area (TPSA) is 22.1 Å². The van der Waals surface area contributed by atoms with Gasteiger partial charge in [0.2, 0.25) is 0 Å². The maximum atomic E-state index is 5.23. The molecular weight excluding hydrogens is 326 g/mol. The van der Waals surface area contributed by atoms with Crippen LogP contribution < -0.4 is 4.74 Å². The van der Waals surface area contributed by atoms with Crippen LogP contribution in [0.3, 0.4) is 0 Å². The summed E-state index contributed by atoms with van der Waals surface area (Å²) in [6, 6.07) is 15.0. The van der Waals surface area contributed by atoms with Crippen molar-refractivity contribution in [3.63, 3.8) is 0 Å². The van der Waals surface area contributed by atoms with Crippen molar-refractivity contribution >= 4 is 11.5 Å². The van der Waals surface area contributed by atoms with E-state index in [1.165, 1.54) is 27.1 Å². The van der Waals surface area contributed by atoms with E-state index in [0.29, 0.717) is 0 Å². The predicted octanol–water partition coefficient (Wildman–Crippen LogP) is 6.17. The SMILES string of the molecule is CCc1cc(-c2cc(-c3ccc(OC)cc3)ns2)cc(CC)c1CC. The molecule has 3 aromatic rings. The smallest absolute Gasteiger partial charge is 0.118 e. The third-order valence-corrected chi connectivity index (χ3v) is 5.57. The van der Waals surface area contributed by atoms with E-state index in [9.17, 15) is 0 Å². The van der Waals surface area contributed by atoms with Gasteiger partial charge in [0, 0.05) is 5.56 Å². The van der Waals surface area contributed by atoms with E-state index < -0.39 is 0 Å². The molecule has 3 heteroatoms. The number of nitrogens with zero attached hydrogens (tertiary/aromatic N) is 1. The zero-order valence-corrected chi connectivity index (χ0v) is 16.2. The first-order valence-electron chi connectivity index (χ1n) is 8.96. The maximum absolute atomic E-state index is 5.23. The minimum atomic E-state index is 0.870. The predicted molar refractivity (Wildman–Crippen MR) is 108 cm³/mol.